The molecule has 0 amide bonds. The van der Waals surface area contributed by atoms with Gasteiger partial charge in [-0.2, -0.15) is 8.78 Å². The molecule has 4 nitrogen and oxygen atoms in total. The van der Waals surface area contributed by atoms with Crippen molar-refractivity contribution in [1.29, 1.82) is 0 Å². The van der Waals surface area contributed by atoms with Crippen molar-refractivity contribution >= 4 is 16.7 Å². The fourth-order valence-corrected chi connectivity index (χ4v) is 2.01. The zero-order valence-corrected chi connectivity index (χ0v) is 11.3. The molecule has 2 aromatic rings. The van der Waals surface area contributed by atoms with E-state index in [9.17, 15) is 18.7 Å². The molecular weight excluding hydrogens is 280 g/mol. The summed E-state index contributed by atoms with van der Waals surface area (Å²) in [5.74, 6) is -5.36. The van der Waals surface area contributed by atoms with Gasteiger partial charge in [0, 0.05) is 0 Å². The van der Waals surface area contributed by atoms with Crippen LogP contribution in [0.5, 0.6) is 5.75 Å². The molecule has 0 saturated carbocycles. The van der Waals surface area contributed by atoms with Crippen LogP contribution < -0.4 is 5.73 Å². The minimum atomic E-state index is -3.80. The summed E-state index contributed by atoms with van der Waals surface area (Å²) in [5.41, 5.74) is 5.64. The van der Waals surface area contributed by atoms with Gasteiger partial charge in [0.1, 0.15) is 11.8 Å². The molecule has 0 unspecified atom stereocenters. The third-order valence-corrected chi connectivity index (χ3v) is 3.15. The zero-order chi connectivity index (χ0) is 15.6. The number of nitrogens with two attached hydrogens (primary N) is 1. The number of ether oxygens (including phenoxy) is 1. The van der Waals surface area contributed by atoms with Gasteiger partial charge >= 0.3 is 11.9 Å². The maximum Gasteiger partial charge on any atom is 0.379 e. The molecule has 0 saturated heterocycles. The smallest absolute Gasteiger partial charge is 0.379 e. The molecule has 112 valence electrons. The molecule has 21 heavy (non-hydrogen) atoms. The molecule has 0 fully saturated rings. The van der Waals surface area contributed by atoms with E-state index in [0.29, 0.717) is 10.8 Å². The first-order valence-corrected chi connectivity index (χ1v) is 6.39. The lowest BCUT2D eigenvalue weighted by Crippen LogP contribution is -2.41. The van der Waals surface area contributed by atoms with Crippen LogP contribution in [0.15, 0.2) is 36.4 Å². The molecule has 0 spiro atoms. The lowest BCUT2D eigenvalue weighted by molar-refractivity contribution is -0.174. The normalized spacial score (nSPS) is 13.1. The van der Waals surface area contributed by atoms with Gasteiger partial charge in [0.2, 0.25) is 0 Å². The van der Waals surface area contributed by atoms with Crippen LogP contribution in [-0.2, 0) is 9.53 Å². The molecule has 2 aromatic carbocycles. The fourth-order valence-electron chi connectivity index (χ4n) is 2.01. The topological polar surface area (TPSA) is 72.5 Å². The standard InChI is InChI=1S/C15H15F2NO3/c1-2-21-14(20)15(16,17)13(18)11-4-3-10-8-12(19)6-5-9(10)7-11/h3-8,13,19H,2,18H2,1H3/t13-/m0/s1. The molecule has 2 rings (SSSR count). The third-order valence-electron chi connectivity index (χ3n) is 3.15. The average molecular weight is 295 g/mol. The van der Waals surface area contributed by atoms with E-state index in [1.807, 2.05) is 0 Å². The molecule has 0 aromatic heterocycles. The molecule has 0 aliphatic heterocycles. The maximum atomic E-state index is 13.9. The van der Waals surface area contributed by atoms with Gasteiger partial charge < -0.3 is 15.6 Å². The number of aromatic hydroxyl groups is 1. The quantitative estimate of drug-likeness (QED) is 0.851. The number of esters is 1. The third kappa shape index (κ3) is 2.95. The van der Waals surface area contributed by atoms with Gasteiger partial charge in [0.25, 0.3) is 0 Å². The van der Waals surface area contributed by atoms with Gasteiger partial charge in [-0.15, -0.1) is 0 Å². The van der Waals surface area contributed by atoms with Crippen molar-refractivity contribution in [3.8, 4) is 5.75 Å². The Morgan fingerprint density at radius 1 is 1.29 bits per heavy atom. The summed E-state index contributed by atoms with van der Waals surface area (Å²) in [6, 6.07) is 7.17. The number of carbonyl (C=O) groups is 1. The highest BCUT2D eigenvalue weighted by molar-refractivity contribution is 5.85. The number of phenolic OH excluding ortho intramolecular Hbond substituents is 1. The van der Waals surface area contributed by atoms with Crippen LogP contribution in [0.3, 0.4) is 0 Å². The largest absolute Gasteiger partial charge is 0.508 e. The first-order valence-electron chi connectivity index (χ1n) is 6.39. The van der Waals surface area contributed by atoms with Crippen LogP contribution in [0.2, 0.25) is 0 Å². The van der Waals surface area contributed by atoms with E-state index < -0.39 is 17.9 Å². The molecule has 0 heterocycles. The summed E-state index contributed by atoms with van der Waals surface area (Å²) in [4.78, 5) is 11.3. The number of carbonyl (C=O) groups excluding carboxylic acids is 1. The Morgan fingerprint density at radius 2 is 1.90 bits per heavy atom. The Kier molecular flexibility index (Phi) is 4.09. The van der Waals surface area contributed by atoms with E-state index in [0.717, 1.165) is 0 Å². The van der Waals surface area contributed by atoms with Gasteiger partial charge in [0.05, 0.1) is 6.61 Å². The Balaban J connectivity index is 2.36. The van der Waals surface area contributed by atoms with Gasteiger partial charge in [-0.3, -0.25) is 0 Å². The van der Waals surface area contributed by atoms with Crippen molar-refractivity contribution < 1.29 is 23.4 Å². The Morgan fingerprint density at radius 3 is 2.57 bits per heavy atom. The predicted molar refractivity (Wildman–Crippen MR) is 74.1 cm³/mol. The first-order chi connectivity index (χ1) is 9.86. The van der Waals surface area contributed by atoms with E-state index in [2.05, 4.69) is 4.74 Å². The van der Waals surface area contributed by atoms with E-state index in [4.69, 9.17) is 5.73 Å². The zero-order valence-electron chi connectivity index (χ0n) is 11.3. The number of benzene rings is 2. The Bertz CT molecular complexity index is 673. The van der Waals surface area contributed by atoms with Crippen LogP contribution in [0, 0.1) is 0 Å². The van der Waals surface area contributed by atoms with Crippen molar-refractivity contribution in [3.05, 3.63) is 42.0 Å². The van der Waals surface area contributed by atoms with Crippen molar-refractivity contribution in [2.45, 2.75) is 18.9 Å². The lowest BCUT2D eigenvalue weighted by Gasteiger charge is -2.22. The first kappa shape index (κ1) is 15.2. The number of halogens is 2. The van der Waals surface area contributed by atoms with E-state index in [1.54, 1.807) is 12.1 Å². The number of alkyl halides is 2. The molecular formula is C15H15F2NO3. The highest BCUT2D eigenvalue weighted by Crippen LogP contribution is 2.32. The average Bonchev–Trinajstić information content (AvgIpc) is 2.46. The second-order valence-corrected chi connectivity index (χ2v) is 4.61. The summed E-state index contributed by atoms with van der Waals surface area (Å²) in [6.45, 7) is 1.31. The van der Waals surface area contributed by atoms with Gasteiger partial charge in [-0.25, -0.2) is 4.79 Å². The van der Waals surface area contributed by atoms with Crippen LogP contribution >= 0.6 is 0 Å². The molecule has 0 aliphatic rings. The molecule has 0 aliphatic carbocycles. The Hall–Kier alpha value is -2.21. The van der Waals surface area contributed by atoms with Crippen LogP contribution in [0.25, 0.3) is 10.8 Å². The van der Waals surface area contributed by atoms with Crippen LogP contribution in [-0.4, -0.2) is 23.6 Å². The van der Waals surface area contributed by atoms with Crippen molar-refractivity contribution in [2.75, 3.05) is 6.61 Å². The van der Waals surface area contributed by atoms with Crippen LogP contribution in [0.4, 0.5) is 8.78 Å². The number of hydrogen-bond acceptors (Lipinski definition) is 4. The highest BCUT2D eigenvalue weighted by Gasteiger charge is 2.47. The minimum absolute atomic E-state index is 0.0800. The van der Waals surface area contributed by atoms with Crippen molar-refractivity contribution in [2.24, 2.45) is 5.73 Å². The van der Waals surface area contributed by atoms with Gasteiger partial charge in [-0.1, -0.05) is 18.2 Å². The van der Waals surface area contributed by atoms with E-state index in [1.165, 1.54) is 31.2 Å². The highest BCUT2D eigenvalue weighted by atomic mass is 19.3. The molecule has 3 N–H and O–H groups in total. The second kappa shape index (κ2) is 5.65. The molecule has 0 radical (unpaired) electrons. The molecule has 6 heteroatoms. The van der Waals surface area contributed by atoms with Crippen molar-refractivity contribution in [1.82, 2.24) is 0 Å². The predicted octanol–water partition coefficient (Wildman–Crippen LogP) is 2.74. The Labute approximate surface area is 120 Å². The van der Waals surface area contributed by atoms with Crippen molar-refractivity contribution in [3.63, 3.8) is 0 Å². The summed E-state index contributed by atoms with van der Waals surface area (Å²) in [5, 5.41) is 10.7. The van der Waals surface area contributed by atoms with Crippen LogP contribution in [0.1, 0.15) is 18.5 Å². The number of hydrogen-bond donors (Lipinski definition) is 2. The molecule has 1 atom stereocenters. The summed E-state index contributed by atoms with van der Waals surface area (Å²) >= 11 is 0. The lowest BCUT2D eigenvalue weighted by atomic mass is 9.98. The monoisotopic (exact) mass is 295 g/mol. The fraction of sp³-hybridized carbons (Fsp3) is 0.267. The number of fused-ring (bicyclic) bond motifs is 1. The van der Waals surface area contributed by atoms with E-state index in [-0.39, 0.29) is 17.9 Å². The van der Waals surface area contributed by atoms with Gasteiger partial charge in [-0.05, 0) is 41.5 Å². The maximum absolute atomic E-state index is 13.9. The molecule has 0 bridgehead atoms. The minimum Gasteiger partial charge on any atom is -0.508 e. The van der Waals surface area contributed by atoms with E-state index >= 15 is 0 Å². The number of rotatable bonds is 4. The summed E-state index contributed by atoms with van der Waals surface area (Å²) < 4.78 is 32.2. The van der Waals surface area contributed by atoms with Gasteiger partial charge in [0.15, 0.2) is 0 Å². The summed E-state index contributed by atoms with van der Waals surface area (Å²) in [7, 11) is 0. The number of phenols is 1. The second-order valence-electron chi connectivity index (χ2n) is 4.61. The SMILES string of the molecule is CCOC(=O)C(F)(F)[C@@H](N)c1ccc2cc(O)ccc2c1. The summed E-state index contributed by atoms with van der Waals surface area (Å²) in [6.07, 6.45) is 0.